The summed E-state index contributed by atoms with van der Waals surface area (Å²) in [6.45, 7) is 0. The summed E-state index contributed by atoms with van der Waals surface area (Å²) in [4.78, 5) is 21.4. The van der Waals surface area contributed by atoms with E-state index in [0.717, 1.165) is 66.8 Å². The zero-order chi connectivity index (χ0) is 44.8. The predicted octanol–water partition coefficient (Wildman–Crippen LogP) is 15.0. The maximum atomic E-state index is 5.50. The Kier molecular flexibility index (Phi) is 8.43. The summed E-state index contributed by atoms with van der Waals surface area (Å²) in [7, 11) is 0. The van der Waals surface area contributed by atoms with Gasteiger partial charge in [0.1, 0.15) is 5.65 Å². The van der Waals surface area contributed by atoms with Crippen LogP contribution >= 0.6 is 0 Å². The van der Waals surface area contributed by atoms with Crippen LogP contribution in [-0.4, -0.2) is 24.3 Å². The number of hydrogen-bond donors (Lipinski definition) is 0. The molecule has 0 aliphatic heterocycles. The minimum absolute atomic E-state index is 0.495. The van der Waals surface area contributed by atoms with E-state index >= 15 is 0 Å². The number of pyridine rings is 1. The quantitative estimate of drug-likeness (QED) is 0.167. The lowest BCUT2D eigenvalue weighted by Gasteiger charge is -2.30. The van der Waals surface area contributed by atoms with Crippen molar-refractivity contribution in [1.82, 2.24) is 24.3 Å². The Labute approximate surface area is 393 Å². The molecule has 316 valence electrons. The van der Waals surface area contributed by atoms with Crippen molar-refractivity contribution in [3.05, 3.63) is 259 Å². The van der Waals surface area contributed by atoms with Gasteiger partial charge in [-0.3, -0.25) is 4.40 Å². The van der Waals surface area contributed by atoms with Crippen LogP contribution in [0.5, 0.6) is 0 Å². The van der Waals surface area contributed by atoms with Gasteiger partial charge in [0.15, 0.2) is 17.5 Å². The van der Waals surface area contributed by atoms with Crippen LogP contribution in [0.1, 0.15) is 22.3 Å². The second-order valence-electron chi connectivity index (χ2n) is 17.7. The van der Waals surface area contributed by atoms with Crippen molar-refractivity contribution in [1.29, 1.82) is 0 Å². The number of nitrogens with zero attached hydrogens (tertiary/aromatic N) is 5. The molecule has 5 nitrogen and oxygen atoms in total. The molecule has 2 aliphatic rings. The monoisotopic (exact) mass is 865 g/mol. The maximum Gasteiger partial charge on any atom is 0.164 e. The number of aromatic nitrogens is 5. The lowest BCUT2D eigenvalue weighted by Crippen LogP contribution is -2.25. The second-order valence-corrected chi connectivity index (χ2v) is 17.7. The summed E-state index contributed by atoms with van der Waals surface area (Å²) in [6.07, 6.45) is 2.10. The topological polar surface area (TPSA) is 56.0 Å². The van der Waals surface area contributed by atoms with E-state index in [1.165, 1.54) is 44.5 Å². The molecular weight excluding hydrogens is 827 g/mol. The van der Waals surface area contributed by atoms with Gasteiger partial charge in [0, 0.05) is 39.6 Å². The van der Waals surface area contributed by atoms with Crippen molar-refractivity contribution < 1.29 is 0 Å². The molecule has 14 rings (SSSR count). The molecule has 1 spiro atoms. The van der Waals surface area contributed by atoms with Gasteiger partial charge in [-0.25, -0.2) is 19.9 Å². The molecule has 0 fully saturated rings. The van der Waals surface area contributed by atoms with Gasteiger partial charge in [0.25, 0.3) is 0 Å². The fourth-order valence-corrected chi connectivity index (χ4v) is 11.2. The molecule has 12 aromatic rings. The molecular formula is C63H39N5. The molecule has 3 heterocycles. The summed E-state index contributed by atoms with van der Waals surface area (Å²) < 4.78 is 2.19. The zero-order valence-electron chi connectivity index (χ0n) is 36.8. The van der Waals surface area contributed by atoms with Crippen LogP contribution in [0.3, 0.4) is 0 Å². The van der Waals surface area contributed by atoms with Gasteiger partial charge in [-0.05, 0) is 91.2 Å². The fourth-order valence-electron chi connectivity index (χ4n) is 11.2. The van der Waals surface area contributed by atoms with Crippen LogP contribution in [0.2, 0.25) is 0 Å². The first kappa shape index (κ1) is 38.2. The summed E-state index contributed by atoms with van der Waals surface area (Å²) in [5.74, 6) is 1.84. The zero-order valence-corrected chi connectivity index (χ0v) is 36.8. The van der Waals surface area contributed by atoms with Gasteiger partial charge in [-0.2, -0.15) is 0 Å². The molecule has 0 amide bonds. The highest BCUT2D eigenvalue weighted by molar-refractivity contribution is 6.04. The smallest absolute Gasteiger partial charge is 0.164 e. The standard InChI is InChI=1S/C63H39N5/c1-3-19-41(20-4-1)58-59(68-37-16-15-32-56(68)64-58)44-24-17-23-43(38-44)57-46-25-8-7-18-40(46)33-36-51(57)62-66-60(42-21-5-2-6-22-42)65-61(67-62)45-34-35-50-49-28-11-14-31-54(49)63(55(50)39-45)52-29-12-9-26-47(52)48-27-10-13-30-53(48)63/h1-39H. The Bertz CT molecular complexity index is 3920. The molecule has 0 atom stereocenters. The first-order chi connectivity index (χ1) is 33.7. The lowest BCUT2D eigenvalue weighted by molar-refractivity contribution is 0.794. The van der Waals surface area contributed by atoms with Crippen molar-refractivity contribution in [2.45, 2.75) is 5.41 Å². The van der Waals surface area contributed by atoms with E-state index in [4.69, 9.17) is 19.9 Å². The van der Waals surface area contributed by atoms with E-state index in [0.29, 0.717) is 17.5 Å². The third-order valence-corrected chi connectivity index (χ3v) is 14.1. The number of imidazole rings is 1. The van der Waals surface area contributed by atoms with Crippen molar-refractivity contribution in [3.63, 3.8) is 0 Å². The van der Waals surface area contributed by atoms with Gasteiger partial charge in [-0.1, -0.05) is 200 Å². The first-order valence-electron chi connectivity index (χ1n) is 23.1. The fraction of sp³-hybridized carbons (Fsp3) is 0.0159. The van der Waals surface area contributed by atoms with Crippen LogP contribution in [-0.2, 0) is 5.41 Å². The Morgan fingerprint density at radius 1 is 0.324 bits per heavy atom. The molecule has 68 heavy (non-hydrogen) atoms. The summed E-state index contributed by atoms with van der Waals surface area (Å²) in [6, 6.07) is 82.3. The normalized spacial score (nSPS) is 12.8. The summed E-state index contributed by atoms with van der Waals surface area (Å²) in [5.41, 5.74) is 19.6. The molecule has 0 saturated carbocycles. The van der Waals surface area contributed by atoms with E-state index in [9.17, 15) is 0 Å². The largest absolute Gasteiger partial charge is 0.299 e. The van der Waals surface area contributed by atoms with E-state index < -0.39 is 5.41 Å². The molecule has 9 aromatic carbocycles. The Balaban J connectivity index is 0.994. The highest BCUT2D eigenvalue weighted by Crippen LogP contribution is 2.63. The van der Waals surface area contributed by atoms with Crippen molar-refractivity contribution >= 4 is 16.4 Å². The van der Waals surface area contributed by atoms with Gasteiger partial charge < -0.3 is 0 Å². The van der Waals surface area contributed by atoms with Gasteiger partial charge >= 0.3 is 0 Å². The molecule has 0 N–H and O–H groups in total. The highest BCUT2D eigenvalue weighted by atomic mass is 15.0. The Morgan fingerprint density at radius 2 is 0.868 bits per heavy atom. The van der Waals surface area contributed by atoms with Crippen LogP contribution in [0, 0.1) is 0 Å². The maximum absolute atomic E-state index is 5.50. The molecule has 3 aromatic heterocycles. The van der Waals surface area contributed by atoms with Crippen LogP contribution in [0.15, 0.2) is 237 Å². The molecule has 0 bridgehead atoms. The Hall–Kier alpha value is -9.06. The van der Waals surface area contributed by atoms with Crippen molar-refractivity contribution in [2.75, 3.05) is 0 Å². The van der Waals surface area contributed by atoms with Crippen LogP contribution in [0.25, 0.3) is 106 Å². The minimum Gasteiger partial charge on any atom is -0.299 e. The molecule has 0 radical (unpaired) electrons. The van der Waals surface area contributed by atoms with Crippen molar-refractivity contribution in [2.24, 2.45) is 0 Å². The number of rotatable bonds is 6. The number of benzene rings is 9. The van der Waals surface area contributed by atoms with Gasteiger partial charge in [0.2, 0.25) is 0 Å². The number of fused-ring (bicyclic) bond motifs is 12. The van der Waals surface area contributed by atoms with Gasteiger partial charge in [-0.15, -0.1) is 0 Å². The third-order valence-electron chi connectivity index (χ3n) is 14.1. The summed E-state index contributed by atoms with van der Waals surface area (Å²) in [5, 5.41) is 2.25. The second kappa shape index (κ2) is 15.0. The van der Waals surface area contributed by atoms with Crippen molar-refractivity contribution in [3.8, 4) is 90.1 Å². The van der Waals surface area contributed by atoms with Crippen LogP contribution in [0.4, 0.5) is 0 Å². The third kappa shape index (κ3) is 5.63. The SMILES string of the molecule is c1ccc(-c2nc(-c3ccc4c(c3)C3(c5ccccc5-c5ccccc53)c3ccccc3-4)nc(-c3ccc4ccccc4c3-c3cccc(-c4c(-c5ccccc5)nc5ccccn45)c3)n2)cc1. The van der Waals surface area contributed by atoms with E-state index in [1.54, 1.807) is 0 Å². The van der Waals surface area contributed by atoms with E-state index in [-0.39, 0.29) is 0 Å². The average molecular weight is 866 g/mol. The molecule has 2 aliphatic carbocycles. The van der Waals surface area contributed by atoms with Gasteiger partial charge in [0.05, 0.1) is 16.8 Å². The molecule has 5 heteroatoms. The number of hydrogen-bond acceptors (Lipinski definition) is 4. The predicted molar refractivity (Wildman–Crippen MR) is 275 cm³/mol. The average Bonchev–Trinajstić information content (AvgIpc) is 4.05. The minimum atomic E-state index is -0.495. The molecule has 0 unspecified atom stereocenters. The summed E-state index contributed by atoms with van der Waals surface area (Å²) >= 11 is 0. The first-order valence-corrected chi connectivity index (χ1v) is 23.1. The highest BCUT2D eigenvalue weighted by Gasteiger charge is 2.51. The van der Waals surface area contributed by atoms with E-state index in [2.05, 4.69) is 211 Å². The Morgan fingerprint density at radius 3 is 1.59 bits per heavy atom. The van der Waals surface area contributed by atoms with E-state index in [1.807, 2.05) is 30.3 Å². The molecule has 0 saturated heterocycles. The van der Waals surface area contributed by atoms with Crippen LogP contribution < -0.4 is 0 Å². The lowest BCUT2D eigenvalue weighted by atomic mass is 9.70.